The number of nitrogens with one attached hydrogen (secondary N) is 3. The summed E-state index contributed by atoms with van der Waals surface area (Å²) < 4.78 is 0. The van der Waals surface area contributed by atoms with E-state index in [1.165, 1.54) is 13.3 Å². The molecule has 1 aliphatic heterocycles. The van der Waals surface area contributed by atoms with Crippen molar-refractivity contribution >= 4 is 52.3 Å². The third kappa shape index (κ3) is 6.03. The van der Waals surface area contributed by atoms with Gasteiger partial charge in [0.25, 0.3) is 0 Å². The van der Waals surface area contributed by atoms with Crippen LogP contribution in [0.3, 0.4) is 0 Å². The molecule has 1 aromatic carbocycles. The Labute approximate surface area is 179 Å². The standard InChI is InChI=1S/C19H22Cl2N6O2/c1-12(28)26-17-8-18(25-11-24-17)27(16-3-2-4-22-9-16)19(29)10-23-15-6-13(20)5-14(21)7-15/h5-8,11,16,22-23H,2-4,9-10H2,1H3,(H,24,25,26,28)/t16-/m0/s1. The summed E-state index contributed by atoms with van der Waals surface area (Å²) in [6.07, 6.45) is 3.14. The number of halogens is 2. The van der Waals surface area contributed by atoms with E-state index >= 15 is 0 Å². The first kappa shape index (κ1) is 21.3. The molecule has 29 heavy (non-hydrogen) atoms. The first-order chi connectivity index (χ1) is 13.9. The third-order valence-electron chi connectivity index (χ3n) is 4.41. The van der Waals surface area contributed by atoms with Crippen LogP contribution in [0.1, 0.15) is 19.8 Å². The zero-order valence-electron chi connectivity index (χ0n) is 15.9. The number of amides is 2. The molecule has 1 saturated heterocycles. The molecule has 2 heterocycles. The predicted octanol–water partition coefficient (Wildman–Crippen LogP) is 2.94. The topological polar surface area (TPSA) is 99.2 Å². The zero-order chi connectivity index (χ0) is 20.8. The first-order valence-corrected chi connectivity index (χ1v) is 10.0. The molecule has 0 aliphatic carbocycles. The highest BCUT2D eigenvalue weighted by molar-refractivity contribution is 6.35. The molecule has 154 valence electrons. The lowest BCUT2D eigenvalue weighted by molar-refractivity contribution is -0.117. The molecule has 0 saturated carbocycles. The number of piperidine rings is 1. The van der Waals surface area contributed by atoms with E-state index in [1.807, 2.05) is 0 Å². The van der Waals surface area contributed by atoms with Gasteiger partial charge >= 0.3 is 0 Å². The molecule has 3 rings (SSSR count). The zero-order valence-corrected chi connectivity index (χ0v) is 17.4. The number of carbonyl (C=O) groups is 2. The average molecular weight is 437 g/mol. The van der Waals surface area contributed by atoms with Gasteiger partial charge in [-0.15, -0.1) is 0 Å². The minimum absolute atomic E-state index is 0.0344. The Bertz CT molecular complexity index is 869. The van der Waals surface area contributed by atoms with Crippen molar-refractivity contribution in [1.29, 1.82) is 0 Å². The lowest BCUT2D eigenvalue weighted by atomic mass is 10.1. The Morgan fingerprint density at radius 3 is 2.62 bits per heavy atom. The number of nitrogens with zero attached hydrogens (tertiary/aromatic N) is 3. The van der Waals surface area contributed by atoms with Crippen molar-refractivity contribution < 1.29 is 9.59 Å². The fourth-order valence-electron chi connectivity index (χ4n) is 3.22. The first-order valence-electron chi connectivity index (χ1n) is 9.25. The molecule has 0 bridgehead atoms. The van der Waals surface area contributed by atoms with Crippen LogP contribution in [-0.2, 0) is 9.59 Å². The molecular formula is C19H22Cl2N6O2. The Balaban J connectivity index is 1.81. The largest absolute Gasteiger partial charge is 0.376 e. The van der Waals surface area contributed by atoms with Gasteiger partial charge in [-0.2, -0.15) is 0 Å². The van der Waals surface area contributed by atoms with Gasteiger partial charge in [-0.1, -0.05) is 23.2 Å². The van der Waals surface area contributed by atoms with Gasteiger partial charge in [0.05, 0.1) is 12.6 Å². The maximum atomic E-state index is 13.1. The van der Waals surface area contributed by atoms with E-state index in [-0.39, 0.29) is 24.4 Å². The quantitative estimate of drug-likeness (QED) is 0.643. The Kier molecular flexibility index (Phi) is 7.24. The number of hydrogen-bond acceptors (Lipinski definition) is 6. The van der Waals surface area contributed by atoms with Crippen LogP contribution in [-0.4, -0.2) is 47.5 Å². The molecule has 3 N–H and O–H groups in total. The highest BCUT2D eigenvalue weighted by atomic mass is 35.5. The SMILES string of the molecule is CC(=O)Nc1cc(N(C(=O)CNc2cc(Cl)cc(Cl)c2)[C@H]2CCCNC2)ncn1. The smallest absolute Gasteiger partial charge is 0.247 e. The lowest BCUT2D eigenvalue weighted by Crippen LogP contribution is -2.51. The van der Waals surface area contributed by atoms with E-state index in [4.69, 9.17) is 23.2 Å². The van der Waals surface area contributed by atoms with Crippen LogP contribution in [0.15, 0.2) is 30.6 Å². The van der Waals surface area contributed by atoms with Crippen molar-refractivity contribution in [3.05, 3.63) is 40.6 Å². The summed E-state index contributed by atoms with van der Waals surface area (Å²) in [7, 11) is 0. The van der Waals surface area contributed by atoms with E-state index < -0.39 is 0 Å². The maximum absolute atomic E-state index is 13.1. The molecule has 2 amide bonds. The second-order valence-corrected chi connectivity index (χ2v) is 7.59. The average Bonchev–Trinajstić information content (AvgIpc) is 2.66. The van der Waals surface area contributed by atoms with Crippen LogP contribution in [0.5, 0.6) is 0 Å². The van der Waals surface area contributed by atoms with E-state index in [1.54, 1.807) is 29.2 Å². The minimum atomic E-state index is -0.244. The van der Waals surface area contributed by atoms with Crippen molar-refractivity contribution in [3.8, 4) is 0 Å². The Morgan fingerprint density at radius 1 is 1.21 bits per heavy atom. The Hall–Kier alpha value is -2.42. The van der Waals surface area contributed by atoms with Gasteiger partial charge in [-0.3, -0.25) is 14.5 Å². The molecule has 8 nitrogen and oxygen atoms in total. The normalized spacial score (nSPS) is 16.2. The molecular weight excluding hydrogens is 415 g/mol. The molecule has 0 radical (unpaired) electrons. The molecule has 0 unspecified atom stereocenters. The summed E-state index contributed by atoms with van der Waals surface area (Å²) in [6.45, 7) is 3.01. The number of carbonyl (C=O) groups excluding carboxylic acids is 2. The number of rotatable bonds is 6. The van der Waals surface area contributed by atoms with Crippen molar-refractivity contribution in [2.75, 3.05) is 35.2 Å². The molecule has 1 fully saturated rings. The number of benzene rings is 1. The van der Waals surface area contributed by atoms with Crippen LogP contribution in [0.25, 0.3) is 0 Å². The lowest BCUT2D eigenvalue weighted by Gasteiger charge is -2.34. The molecule has 1 atom stereocenters. The van der Waals surface area contributed by atoms with Crippen LogP contribution >= 0.6 is 23.2 Å². The highest BCUT2D eigenvalue weighted by Gasteiger charge is 2.28. The second-order valence-electron chi connectivity index (χ2n) is 6.72. The van der Waals surface area contributed by atoms with Crippen LogP contribution in [0.4, 0.5) is 17.3 Å². The van der Waals surface area contributed by atoms with Gasteiger partial charge in [0, 0.05) is 35.3 Å². The number of aromatic nitrogens is 2. The van der Waals surface area contributed by atoms with Crippen molar-refractivity contribution in [3.63, 3.8) is 0 Å². The number of anilines is 3. The molecule has 0 spiro atoms. The minimum Gasteiger partial charge on any atom is -0.376 e. The van der Waals surface area contributed by atoms with Gasteiger partial charge in [0.15, 0.2) is 0 Å². The van der Waals surface area contributed by atoms with Crippen molar-refractivity contribution in [1.82, 2.24) is 15.3 Å². The fraction of sp³-hybridized carbons (Fsp3) is 0.368. The summed E-state index contributed by atoms with van der Waals surface area (Å²) in [4.78, 5) is 34.5. The van der Waals surface area contributed by atoms with E-state index in [9.17, 15) is 9.59 Å². The molecule has 1 aromatic heterocycles. The Morgan fingerprint density at radius 2 is 1.97 bits per heavy atom. The van der Waals surface area contributed by atoms with Crippen LogP contribution in [0, 0.1) is 0 Å². The molecule has 10 heteroatoms. The van der Waals surface area contributed by atoms with Gasteiger partial charge in [-0.25, -0.2) is 9.97 Å². The van der Waals surface area contributed by atoms with Gasteiger partial charge in [-0.05, 0) is 37.6 Å². The monoisotopic (exact) mass is 436 g/mol. The third-order valence-corrected chi connectivity index (χ3v) is 4.85. The number of hydrogen-bond donors (Lipinski definition) is 3. The van der Waals surface area contributed by atoms with E-state index in [0.29, 0.717) is 33.9 Å². The predicted molar refractivity (Wildman–Crippen MR) is 115 cm³/mol. The van der Waals surface area contributed by atoms with Crippen LogP contribution in [0.2, 0.25) is 10.0 Å². The van der Waals surface area contributed by atoms with E-state index in [0.717, 1.165) is 19.4 Å². The summed E-state index contributed by atoms with van der Waals surface area (Å²) in [5.41, 5.74) is 0.652. The molecule has 2 aromatic rings. The summed E-state index contributed by atoms with van der Waals surface area (Å²) in [6, 6.07) is 6.57. The highest BCUT2D eigenvalue weighted by Crippen LogP contribution is 2.24. The molecule has 1 aliphatic rings. The van der Waals surface area contributed by atoms with Crippen LogP contribution < -0.4 is 20.9 Å². The van der Waals surface area contributed by atoms with Gasteiger partial charge < -0.3 is 16.0 Å². The van der Waals surface area contributed by atoms with E-state index in [2.05, 4.69) is 25.9 Å². The summed E-state index contributed by atoms with van der Waals surface area (Å²) in [5.74, 6) is 0.376. The summed E-state index contributed by atoms with van der Waals surface area (Å²) in [5, 5.41) is 9.97. The second kappa shape index (κ2) is 9.87. The van der Waals surface area contributed by atoms with Gasteiger partial charge in [0.2, 0.25) is 11.8 Å². The van der Waals surface area contributed by atoms with Crippen molar-refractivity contribution in [2.45, 2.75) is 25.8 Å². The van der Waals surface area contributed by atoms with Crippen molar-refractivity contribution in [2.24, 2.45) is 0 Å². The fourth-order valence-corrected chi connectivity index (χ4v) is 3.74. The summed E-state index contributed by atoms with van der Waals surface area (Å²) >= 11 is 12.1. The maximum Gasteiger partial charge on any atom is 0.247 e. The van der Waals surface area contributed by atoms with Gasteiger partial charge in [0.1, 0.15) is 18.0 Å².